The van der Waals surface area contributed by atoms with Gasteiger partial charge in [0.25, 0.3) is 0 Å². The molecule has 0 amide bonds. The minimum atomic E-state index is -4.30. The molecular weight excluding hydrogens is 311 g/mol. The predicted octanol–water partition coefficient (Wildman–Crippen LogP) is 2.37. The summed E-state index contributed by atoms with van der Waals surface area (Å²) in [5.41, 5.74) is 0. The third-order valence-electron chi connectivity index (χ3n) is 2.15. The maximum Gasteiger partial charge on any atom is 0.389 e. The van der Waals surface area contributed by atoms with Crippen LogP contribution >= 0.6 is 15.9 Å². The Bertz CT molecular complexity index is 305. The van der Waals surface area contributed by atoms with E-state index in [1.54, 1.807) is 6.92 Å². The Kier molecular flexibility index (Phi) is 6.27. The van der Waals surface area contributed by atoms with Gasteiger partial charge in [-0.1, -0.05) is 15.9 Å². The summed E-state index contributed by atoms with van der Waals surface area (Å²) < 4.78 is 59.7. The van der Waals surface area contributed by atoms with E-state index in [9.17, 15) is 21.6 Å². The third-order valence-corrected chi connectivity index (χ3v) is 5.12. The van der Waals surface area contributed by atoms with Crippen molar-refractivity contribution in [3.05, 3.63) is 0 Å². The molecule has 0 aromatic heterocycles. The standard InChI is InChI=1S/C8H15BrF3NO2S/c1-7(6-9)13(2)16(14,15)5-3-4-8(10,11)12/h7H,3-6H2,1-2H3. The average molecular weight is 326 g/mol. The van der Waals surface area contributed by atoms with Crippen LogP contribution in [0.5, 0.6) is 0 Å². The number of alkyl halides is 4. The van der Waals surface area contributed by atoms with Crippen molar-refractivity contribution >= 4 is 26.0 Å². The second kappa shape index (κ2) is 6.20. The molecule has 0 saturated heterocycles. The van der Waals surface area contributed by atoms with E-state index >= 15 is 0 Å². The Hall–Kier alpha value is 0.180. The molecule has 0 bridgehead atoms. The highest BCUT2D eigenvalue weighted by molar-refractivity contribution is 9.09. The maximum absolute atomic E-state index is 11.8. The van der Waals surface area contributed by atoms with Crippen LogP contribution in [-0.4, -0.2) is 43.1 Å². The molecule has 0 N–H and O–H groups in total. The van der Waals surface area contributed by atoms with Crippen LogP contribution in [-0.2, 0) is 10.0 Å². The van der Waals surface area contributed by atoms with E-state index in [1.807, 2.05) is 0 Å². The molecule has 98 valence electrons. The topological polar surface area (TPSA) is 37.4 Å². The van der Waals surface area contributed by atoms with Crippen LogP contribution in [0.3, 0.4) is 0 Å². The molecule has 0 aromatic carbocycles. The Morgan fingerprint density at radius 1 is 1.38 bits per heavy atom. The number of hydrogen-bond acceptors (Lipinski definition) is 2. The first-order valence-electron chi connectivity index (χ1n) is 4.68. The molecule has 0 saturated carbocycles. The average Bonchev–Trinajstić information content (AvgIpc) is 2.13. The molecule has 0 aliphatic carbocycles. The van der Waals surface area contributed by atoms with Gasteiger partial charge in [0.2, 0.25) is 10.0 Å². The zero-order valence-electron chi connectivity index (χ0n) is 9.09. The molecule has 0 rings (SSSR count). The molecule has 3 nitrogen and oxygen atoms in total. The second-order valence-corrected chi connectivity index (χ2v) is 6.35. The van der Waals surface area contributed by atoms with Gasteiger partial charge in [0.05, 0.1) is 5.75 Å². The zero-order valence-corrected chi connectivity index (χ0v) is 11.5. The van der Waals surface area contributed by atoms with Gasteiger partial charge in [-0.3, -0.25) is 0 Å². The third kappa shape index (κ3) is 6.05. The fraction of sp³-hybridized carbons (Fsp3) is 1.00. The lowest BCUT2D eigenvalue weighted by molar-refractivity contribution is -0.134. The van der Waals surface area contributed by atoms with E-state index < -0.39 is 34.8 Å². The fourth-order valence-corrected chi connectivity index (χ4v) is 3.02. The van der Waals surface area contributed by atoms with E-state index in [-0.39, 0.29) is 6.04 Å². The van der Waals surface area contributed by atoms with Crippen molar-refractivity contribution in [3.8, 4) is 0 Å². The quantitative estimate of drug-likeness (QED) is 0.703. The van der Waals surface area contributed by atoms with Gasteiger partial charge in [-0.15, -0.1) is 0 Å². The molecule has 0 aliphatic heterocycles. The lowest BCUT2D eigenvalue weighted by atomic mass is 10.3. The monoisotopic (exact) mass is 325 g/mol. The molecule has 0 radical (unpaired) electrons. The molecule has 0 spiro atoms. The molecule has 0 fully saturated rings. The summed E-state index contributed by atoms with van der Waals surface area (Å²) in [5, 5.41) is 0.446. The van der Waals surface area contributed by atoms with Crippen molar-refractivity contribution in [3.63, 3.8) is 0 Å². The first-order valence-corrected chi connectivity index (χ1v) is 7.41. The summed E-state index contributed by atoms with van der Waals surface area (Å²) in [6.07, 6.45) is -5.76. The minimum absolute atomic E-state index is 0.268. The van der Waals surface area contributed by atoms with Crippen LogP contribution in [0, 0.1) is 0 Å². The van der Waals surface area contributed by atoms with Crippen LogP contribution in [0.2, 0.25) is 0 Å². The SMILES string of the molecule is CC(CBr)N(C)S(=O)(=O)CCCC(F)(F)F. The number of hydrogen-bond donors (Lipinski definition) is 0. The largest absolute Gasteiger partial charge is 0.389 e. The van der Waals surface area contributed by atoms with Gasteiger partial charge in [-0.2, -0.15) is 13.2 Å². The Morgan fingerprint density at radius 3 is 2.25 bits per heavy atom. The van der Waals surface area contributed by atoms with Gasteiger partial charge < -0.3 is 0 Å². The lowest BCUT2D eigenvalue weighted by Gasteiger charge is -2.22. The van der Waals surface area contributed by atoms with Crippen LogP contribution in [0.4, 0.5) is 13.2 Å². The molecular formula is C8H15BrF3NO2S. The smallest absolute Gasteiger partial charge is 0.212 e. The van der Waals surface area contributed by atoms with Crippen molar-refractivity contribution in [1.82, 2.24) is 4.31 Å². The Balaban J connectivity index is 4.26. The van der Waals surface area contributed by atoms with Gasteiger partial charge in [0.1, 0.15) is 0 Å². The molecule has 0 aromatic rings. The van der Waals surface area contributed by atoms with E-state index in [2.05, 4.69) is 15.9 Å². The molecule has 1 atom stereocenters. The minimum Gasteiger partial charge on any atom is -0.212 e. The molecule has 8 heteroatoms. The highest BCUT2D eigenvalue weighted by atomic mass is 79.9. The van der Waals surface area contributed by atoms with E-state index in [4.69, 9.17) is 0 Å². The Labute approximate surface area is 102 Å². The maximum atomic E-state index is 11.8. The number of rotatable bonds is 6. The number of sulfonamides is 1. The summed E-state index contributed by atoms with van der Waals surface area (Å²) in [5.74, 6) is -0.472. The van der Waals surface area contributed by atoms with Crippen LogP contribution in [0.15, 0.2) is 0 Å². The van der Waals surface area contributed by atoms with Crippen molar-refractivity contribution < 1.29 is 21.6 Å². The summed E-state index contributed by atoms with van der Waals surface area (Å²) in [7, 11) is -2.22. The predicted molar refractivity (Wildman–Crippen MR) is 60.1 cm³/mol. The lowest BCUT2D eigenvalue weighted by Crippen LogP contribution is -2.37. The highest BCUT2D eigenvalue weighted by Crippen LogP contribution is 2.22. The normalized spacial score (nSPS) is 15.4. The molecule has 16 heavy (non-hydrogen) atoms. The first-order chi connectivity index (χ1) is 7.10. The van der Waals surface area contributed by atoms with E-state index in [1.165, 1.54) is 7.05 Å². The van der Waals surface area contributed by atoms with Crippen molar-refractivity contribution in [2.45, 2.75) is 32.0 Å². The zero-order chi connectivity index (χ0) is 13.0. The molecule has 0 aliphatic rings. The highest BCUT2D eigenvalue weighted by Gasteiger charge is 2.29. The Morgan fingerprint density at radius 2 is 1.88 bits per heavy atom. The fourth-order valence-electron chi connectivity index (χ4n) is 0.970. The summed E-state index contributed by atoms with van der Waals surface area (Å²) in [4.78, 5) is 0. The van der Waals surface area contributed by atoms with Crippen LogP contribution < -0.4 is 0 Å². The van der Waals surface area contributed by atoms with Gasteiger partial charge >= 0.3 is 6.18 Å². The molecule has 1 unspecified atom stereocenters. The van der Waals surface area contributed by atoms with Crippen molar-refractivity contribution in [1.29, 1.82) is 0 Å². The van der Waals surface area contributed by atoms with Crippen molar-refractivity contribution in [2.24, 2.45) is 0 Å². The van der Waals surface area contributed by atoms with Crippen molar-refractivity contribution in [2.75, 3.05) is 18.1 Å². The number of halogens is 4. The van der Waals surface area contributed by atoms with E-state index in [0.717, 1.165) is 4.31 Å². The second-order valence-electron chi connectivity index (χ2n) is 3.55. The molecule has 0 heterocycles. The van der Waals surface area contributed by atoms with Gasteiger partial charge in [0, 0.05) is 24.8 Å². The van der Waals surface area contributed by atoms with E-state index in [0.29, 0.717) is 5.33 Å². The number of nitrogens with zero attached hydrogens (tertiary/aromatic N) is 1. The first kappa shape index (κ1) is 16.2. The van der Waals surface area contributed by atoms with Gasteiger partial charge in [0.15, 0.2) is 0 Å². The summed E-state index contributed by atoms with van der Waals surface area (Å²) in [6.45, 7) is 1.68. The van der Waals surface area contributed by atoms with Crippen LogP contribution in [0.1, 0.15) is 19.8 Å². The van der Waals surface area contributed by atoms with Gasteiger partial charge in [-0.05, 0) is 13.3 Å². The summed E-state index contributed by atoms with van der Waals surface area (Å²) in [6, 6.07) is -0.268. The van der Waals surface area contributed by atoms with Crippen LogP contribution in [0.25, 0.3) is 0 Å². The summed E-state index contributed by atoms with van der Waals surface area (Å²) >= 11 is 3.12. The van der Waals surface area contributed by atoms with Gasteiger partial charge in [-0.25, -0.2) is 12.7 Å².